The molecule has 0 amide bonds. The van der Waals surface area contributed by atoms with Crippen molar-refractivity contribution < 1.29 is 33.8 Å². The second-order valence-electron chi connectivity index (χ2n) is 4.78. The lowest BCUT2D eigenvalue weighted by molar-refractivity contribution is 0.120. The number of alkyl halides is 1. The van der Waals surface area contributed by atoms with Crippen molar-refractivity contribution in [2.75, 3.05) is 5.88 Å². The Morgan fingerprint density at radius 3 is 1.45 bits per heavy atom. The third-order valence-corrected chi connectivity index (χ3v) is 7.22. The fourth-order valence-corrected chi connectivity index (χ4v) is 4.25. The van der Waals surface area contributed by atoms with Gasteiger partial charge in [-0.3, -0.25) is 9.13 Å². The molecule has 0 aromatic heterocycles. The molecule has 0 aliphatic heterocycles. The minimum absolute atomic E-state index is 0.141. The van der Waals surface area contributed by atoms with E-state index in [0.29, 0.717) is 12.3 Å². The molecule has 0 aromatic rings. The van der Waals surface area contributed by atoms with Gasteiger partial charge < -0.3 is 24.7 Å². The zero-order valence-electron chi connectivity index (χ0n) is 11.2. The highest BCUT2D eigenvalue weighted by atomic mass is 35.5. The van der Waals surface area contributed by atoms with E-state index in [-0.39, 0.29) is 6.42 Å². The Hall–Kier alpha value is 0.550. The first-order valence-electron chi connectivity index (χ1n) is 6.46. The molecule has 0 atom stereocenters. The molecule has 7 nitrogen and oxygen atoms in total. The highest BCUT2D eigenvalue weighted by molar-refractivity contribution is 7.72. The van der Waals surface area contributed by atoms with E-state index >= 15 is 0 Å². The summed E-state index contributed by atoms with van der Waals surface area (Å²) in [5.41, 5.74) is 0. The second-order valence-corrected chi connectivity index (χ2v) is 9.16. The number of aliphatic hydroxyl groups is 1. The van der Waals surface area contributed by atoms with Gasteiger partial charge >= 0.3 is 15.2 Å². The third-order valence-electron chi connectivity index (χ3n) is 3.08. The average Bonchev–Trinajstić information content (AvgIpc) is 2.29. The Bertz CT molecular complexity index is 343. The normalized spacial score (nSPS) is 13.7. The molecule has 0 aliphatic rings. The van der Waals surface area contributed by atoms with Crippen LogP contribution in [0.1, 0.15) is 51.4 Å². The maximum atomic E-state index is 11.1. The lowest BCUT2D eigenvalue weighted by Gasteiger charge is -2.29. The molecule has 0 saturated heterocycles. The fraction of sp³-hybridized carbons (Fsp3) is 1.00. The highest BCUT2D eigenvalue weighted by Crippen LogP contribution is 2.69. The molecule has 0 saturated carbocycles. The van der Waals surface area contributed by atoms with E-state index in [9.17, 15) is 14.2 Å². The molecule has 122 valence electrons. The molecule has 0 aliphatic carbocycles. The Kier molecular flexibility index (Phi) is 9.11. The first kappa shape index (κ1) is 20.6. The van der Waals surface area contributed by atoms with Crippen molar-refractivity contribution in [3.8, 4) is 0 Å². The summed E-state index contributed by atoms with van der Waals surface area (Å²) in [6.45, 7) is 0. The first-order valence-corrected chi connectivity index (χ1v) is 10.2. The monoisotopic (exact) mass is 352 g/mol. The van der Waals surface area contributed by atoms with Gasteiger partial charge in [-0.05, 0) is 19.3 Å². The minimum atomic E-state index is -5.30. The predicted octanol–water partition coefficient (Wildman–Crippen LogP) is 2.35. The molecule has 0 bridgehead atoms. The Morgan fingerprint density at radius 2 is 1.10 bits per heavy atom. The van der Waals surface area contributed by atoms with E-state index in [4.69, 9.17) is 31.2 Å². The van der Waals surface area contributed by atoms with Crippen LogP contribution in [0.25, 0.3) is 0 Å². The van der Waals surface area contributed by atoms with Crippen molar-refractivity contribution in [3.05, 3.63) is 0 Å². The molecule has 20 heavy (non-hydrogen) atoms. The van der Waals surface area contributed by atoms with Crippen LogP contribution in [0.15, 0.2) is 0 Å². The summed E-state index contributed by atoms with van der Waals surface area (Å²) in [6.07, 6.45) is 4.71. The molecule has 10 heteroatoms. The average molecular weight is 353 g/mol. The van der Waals surface area contributed by atoms with Gasteiger partial charge in [-0.2, -0.15) is 0 Å². The molecule has 0 heterocycles. The van der Waals surface area contributed by atoms with Crippen LogP contribution in [0, 0.1) is 0 Å². The van der Waals surface area contributed by atoms with Gasteiger partial charge in [0.05, 0.1) is 0 Å². The smallest absolute Gasteiger partial charge is 0.368 e. The SMILES string of the molecule is O=P(O)(O)C(O)(CCCCCCCCCCl)P(=O)(O)O. The summed E-state index contributed by atoms with van der Waals surface area (Å²) in [5, 5.41) is 6.35. The highest BCUT2D eigenvalue weighted by Gasteiger charge is 2.58. The number of hydrogen-bond acceptors (Lipinski definition) is 3. The van der Waals surface area contributed by atoms with E-state index in [2.05, 4.69) is 0 Å². The summed E-state index contributed by atoms with van der Waals surface area (Å²) in [4.78, 5) is 35.7. The van der Waals surface area contributed by atoms with E-state index in [0.717, 1.165) is 32.1 Å². The van der Waals surface area contributed by atoms with Gasteiger partial charge in [-0.25, -0.2) is 0 Å². The van der Waals surface area contributed by atoms with Gasteiger partial charge in [0.25, 0.3) is 5.08 Å². The second kappa shape index (κ2) is 8.86. The first-order chi connectivity index (χ1) is 9.06. The summed E-state index contributed by atoms with van der Waals surface area (Å²) >= 11 is 5.52. The van der Waals surface area contributed by atoms with Gasteiger partial charge in [-0.15, -0.1) is 11.6 Å². The third kappa shape index (κ3) is 6.54. The number of hydrogen-bond donors (Lipinski definition) is 5. The summed E-state index contributed by atoms with van der Waals surface area (Å²) in [6, 6.07) is 0. The molecular formula is C10H23ClO7P2. The quantitative estimate of drug-likeness (QED) is 0.219. The largest absolute Gasteiger partial charge is 0.369 e. The van der Waals surface area contributed by atoms with Crippen molar-refractivity contribution in [1.82, 2.24) is 0 Å². The summed E-state index contributed by atoms with van der Waals surface area (Å²) in [5.74, 6) is 0.623. The lowest BCUT2D eigenvalue weighted by atomic mass is 10.1. The van der Waals surface area contributed by atoms with Crippen LogP contribution in [0.4, 0.5) is 0 Å². The van der Waals surface area contributed by atoms with Crippen molar-refractivity contribution in [2.45, 2.75) is 56.4 Å². The molecule has 5 N–H and O–H groups in total. The van der Waals surface area contributed by atoms with Crippen LogP contribution in [0.3, 0.4) is 0 Å². The molecule has 0 radical (unpaired) electrons. The topological polar surface area (TPSA) is 135 Å². The van der Waals surface area contributed by atoms with Crippen LogP contribution in [0.5, 0.6) is 0 Å². The molecule has 0 unspecified atom stereocenters. The van der Waals surface area contributed by atoms with Crippen molar-refractivity contribution in [1.29, 1.82) is 0 Å². The van der Waals surface area contributed by atoms with Gasteiger partial charge in [0, 0.05) is 5.88 Å². The van der Waals surface area contributed by atoms with Crippen molar-refractivity contribution >= 4 is 26.8 Å². The van der Waals surface area contributed by atoms with Crippen LogP contribution >= 0.6 is 26.8 Å². The van der Waals surface area contributed by atoms with Crippen LogP contribution in [-0.4, -0.2) is 35.6 Å². The summed E-state index contributed by atoms with van der Waals surface area (Å²) < 4.78 is 22.2. The van der Waals surface area contributed by atoms with Gasteiger partial charge in [0.2, 0.25) is 0 Å². The standard InChI is InChI=1S/C10H23ClO7P2/c11-9-7-5-3-1-2-4-6-8-10(12,19(13,14)15)20(16,17)18/h12H,1-9H2,(H2,13,14,15)(H2,16,17,18). The number of rotatable bonds is 11. The van der Waals surface area contributed by atoms with Crippen LogP contribution in [0.2, 0.25) is 0 Å². The maximum Gasteiger partial charge on any atom is 0.369 e. The van der Waals surface area contributed by atoms with Crippen molar-refractivity contribution in [3.63, 3.8) is 0 Å². The Balaban J connectivity index is 4.14. The summed E-state index contributed by atoms with van der Waals surface area (Å²) in [7, 11) is -10.6. The van der Waals surface area contributed by atoms with Crippen molar-refractivity contribution in [2.24, 2.45) is 0 Å². The number of unbranched alkanes of at least 4 members (excludes halogenated alkanes) is 6. The zero-order valence-corrected chi connectivity index (χ0v) is 13.7. The molecule has 0 aromatic carbocycles. The van der Waals surface area contributed by atoms with E-state index < -0.39 is 26.7 Å². The lowest BCUT2D eigenvalue weighted by Crippen LogP contribution is -2.28. The van der Waals surface area contributed by atoms with Crippen LogP contribution < -0.4 is 0 Å². The molecule has 0 fully saturated rings. The van der Waals surface area contributed by atoms with Gasteiger partial charge in [0.1, 0.15) is 0 Å². The van der Waals surface area contributed by atoms with Gasteiger partial charge in [-0.1, -0.05) is 32.1 Å². The Morgan fingerprint density at radius 1 is 0.750 bits per heavy atom. The zero-order chi connectivity index (χ0) is 15.9. The Labute approximate surface area is 123 Å². The molecule has 0 rings (SSSR count). The predicted molar refractivity (Wildman–Crippen MR) is 76.7 cm³/mol. The fourth-order valence-electron chi connectivity index (χ4n) is 1.80. The van der Waals surface area contributed by atoms with E-state index in [1.54, 1.807) is 0 Å². The minimum Gasteiger partial charge on any atom is -0.368 e. The molecule has 0 spiro atoms. The van der Waals surface area contributed by atoms with E-state index in [1.807, 2.05) is 0 Å². The van der Waals surface area contributed by atoms with E-state index in [1.165, 1.54) is 0 Å². The number of halogens is 1. The van der Waals surface area contributed by atoms with Crippen LogP contribution in [-0.2, 0) is 9.13 Å². The molecular weight excluding hydrogens is 330 g/mol. The maximum absolute atomic E-state index is 11.1. The van der Waals surface area contributed by atoms with Gasteiger partial charge in [0.15, 0.2) is 0 Å².